The van der Waals surface area contributed by atoms with Gasteiger partial charge in [0.1, 0.15) is 12.4 Å². The summed E-state index contributed by atoms with van der Waals surface area (Å²) in [5, 5.41) is 4.21. The second kappa shape index (κ2) is 7.82. The largest absolute Gasteiger partial charge is 0.340 e. The van der Waals surface area contributed by atoms with Crippen LogP contribution in [0.5, 0.6) is 0 Å². The van der Waals surface area contributed by atoms with Gasteiger partial charge >= 0.3 is 0 Å². The lowest BCUT2D eigenvalue weighted by Crippen LogP contribution is -2.37. The predicted octanol–water partition coefficient (Wildman–Crippen LogP) is 1.70. The molecule has 1 saturated heterocycles. The van der Waals surface area contributed by atoms with Gasteiger partial charge in [-0.25, -0.2) is 4.98 Å². The fourth-order valence-corrected chi connectivity index (χ4v) is 3.31. The Morgan fingerprint density at radius 3 is 2.80 bits per heavy atom. The molecule has 7 heteroatoms. The van der Waals surface area contributed by atoms with Crippen LogP contribution < -0.4 is 0 Å². The third-order valence-electron chi connectivity index (χ3n) is 4.67. The van der Waals surface area contributed by atoms with Gasteiger partial charge in [-0.1, -0.05) is 0 Å². The van der Waals surface area contributed by atoms with E-state index in [4.69, 9.17) is 0 Å². The van der Waals surface area contributed by atoms with Gasteiger partial charge in [0.25, 0.3) is 0 Å². The number of aromatic nitrogens is 4. The molecule has 136 valence electrons. The third kappa shape index (κ3) is 4.48. The second-order valence-electron chi connectivity index (χ2n) is 7.07. The molecular formula is C18H28N6O. The first-order valence-corrected chi connectivity index (χ1v) is 9.04. The van der Waals surface area contributed by atoms with Crippen molar-refractivity contribution in [3.05, 3.63) is 36.2 Å². The Balaban J connectivity index is 1.55. The molecule has 0 N–H and O–H groups in total. The Bertz CT molecular complexity index is 704. The monoisotopic (exact) mass is 344 g/mol. The van der Waals surface area contributed by atoms with Crippen molar-refractivity contribution in [2.75, 3.05) is 26.2 Å². The quantitative estimate of drug-likeness (QED) is 0.828. The van der Waals surface area contributed by atoms with Gasteiger partial charge in [-0.15, -0.1) is 0 Å². The number of carbonyl (C=O) groups excluding carboxylic acids is 1. The van der Waals surface area contributed by atoms with E-state index in [1.807, 2.05) is 30.4 Å². The van der Waals surface area contributed by atoms with Gasteiger partial charge in [-0.2, -0.15) is 5.10 Å². The van der Waals surface area contributed by atoms with Gasteiger partial charge in [0.15, 0.2) is 0 Å². The smallest absolute Gasteiger partial charge is 0.244 e. The standard InChI is InChI=1S/C18H28N6O/c1-15(2)24-8-5-19-17(24)13-21-6-4-7-22(10-9-21)18(25)14-23-12-16(3)11-20-23/h5,8,11-12,15H,4,6-7,9-10,13-14H2,1-3H3. The molecule has 0 atom stereocenters. The predicted molar refractivity (Wildman–Crippen MR) is 96.1 cm³/mol. The maximum absolute atomic E-state index is 12.5. The van der Waals surface area contributed by atoms with E-state index in [2.05, 4.69) is 33.4 Å². The van der Waals surface area contributed by atoms with Crippen LogP contribution in [0.1, 0.15) is 37.7 Å². The van der Waals surface area contributed by atoms with Crippen LogP contribution in [0, 0.1) is 6.92 Å². The highest BCUT2D eigenvalue weighted by molar-refractivity contribution is 5.75. The summed E-state index contributed by atoms with van der Waals surface area (Å²) in [6.45, 7) is 11.0. The second-order valence-corrected chi connectivity index (χ2v) is 7.07. The maximum Gasteiger partial charge on any atom is 0.244 e. The van der Waals surface area contributed by atoms with E-state index in [0.717, 1.165) is 50.5 Å². The molecule has 0 saturated carbocycles. The minimum absolute atomic E-state index is 0.147. The summed E-state index contributed by atoms with van der Waals surface area (Å²) in [5.41, 5.74) is 1.08. The minimum atomic E-state index is 0.147. The zero-order chi connectivity index (χ0) is 17.8. The fourth-order valence-electron chi connectivity index (χ4n) is 3.31. The molecule has 1 aliphatic rings. The van der Waals surface area contributed by atoms with Crippen LogP contribution in [0.25, 0.3) is 0 Å². The van der Waals surface area contributed by atoms with Crippen molar-refractivity contribution in [3.63, 3.8) is 0 Å². The number of amides is 1. The first-order valence-electron chi connectivity index (χ1n) is 9.04. The first-order chi connectivity index (χ1) is 12.0. The van der Waals surface area contributed by atoms with Gasteiger partial charge in [-0.05, 0) is 32.8 Å². The van der Waals surface area contributed by atoms with Crippen LogP contribution in [-0.2, 0) is 17.9 Å². The van der Waals surface area contributed by atoms with Crippen molar-refractivity contribution in [2.45, 2.75) is 46.3 Å². The number of rotatable bonds is 5. The Hall–Kier alpha value is -2.15. The van der Waals surface area contributed by atoms with Gasteiger partial charge in [0.05, 0.1) is 12.7 Å². The van der Waals surface area contributed by atoms with Crippen molar-refractivity contribution >= 4 is 5.91 Å². The number of nitrogens with zero attached hydrogens (tertiary/aromatic N) is 6. The van der Waals surface area contributed by atoms with Crippen molar-refractivity contribution < 1.29 is 4.79 Å². The number of imidazole rings is 1. The van der Waals surface area contributed by atoms with Crippen LogP contribution in [-0.4, -0.2) is 61.2 Å². The molecule has 3 heterocycles. The molecule has 0 aliphatic carbocycles. The summed E-state index contributed by atoms with van der Waals surface area (Å²) >= 11 is 0. The normalized spacial score (nSPS) is 16.4. The SMILES string of the molecule is Cc1cnn(CC(=O)N2CCCN(Cc3nccn3C(C)C)CC2)c1. The Kier molecular flexibility index (Phi) is 5.53. The van der Waals surface area contributed by atoms with E-state index < -0.39 is 0 Å². The molecule has 2 aromatic heterocycles. The lowest BCUT2D eigenvalue weighted by Gasteiger charge is -2.22. The molecule has 0 radical (unpaired) electrons. The lowest BCUT2D eigenvalue weighted by molar-refractivity contribution is -0.131. The number of hydrogen-bond acceptors (Lipinski definition) is 4. The molecule has 1 fully saturated rings. The topological polar surface area (TPSA) is 59.2 Å². The molecular weight excluding hydrogens is 316 g/mol. The number of aryl methyl sites for hydroxylation is 1. The van der Waals surface area contributed by atoms with Gasteiger partial charge in [0, 0.05) is 50.8 Å². The van der Waals surface area contributed by atoms with Crippen LogP contribution >= 0.6 is 0 Å². The average molecular weight is 344 g/mol. The summed E-state index contributed by atoms with van der Waals surface area (Å²) < 4.78 is 3.94. The van der Waals surface area contributed by atoms with Crippen LogP contribution in [0.4, 0.5) is 0 Å². The Morgan fingerprint density at radius 1 is 1.24 bits per heavy atom. The van der Waals surface area contributed by atoms with Crippen molar-refractivity contribution in [2.24, 2.45) is 0 Å². The molecule has 0 unspecified atom stereocenters. The van der Waals surface area contributed by atoms with E-state index in [-0.39, 0.29) is 5.91 Å². The molecule has 0 spiro atoms. The zero-order valence-electron chi connectivity index (χ0n) is 15.4. The summed E-state index contributed by atoms with van der Waals surface area (Å²) in [4.78, 5) is 21.4. The summed E-state index contributed by atoms with van der Waals surface area (Å²) in [7, 11) is 0. The highest BCUT2D eigenvalue weighted by atomic mass is 16.2. The van der Waals surface area contributed by atoms with Crippen molar-refractivity contribution in [1.29, 1.82) is 0 Å². The van der Waals surface area contributed by atoms with Gasteiger partial charge in [0.2, 0.25) is 5.91 Å². The molecule has 1 amide bonds. The van der Waals surface area contributed by atoms with E-state index in [0.29, 0.717) is 12.6 Å². The van der Waals surface area contributed by atoms with E-state index in [1.54, 1.807) is 10.9 Å². The van der Waals surface area contributed by atoms with Crippen molar-refractivity contribution in [3.8, 4) is 0 Å². The molecule has 2 aromatic rings. The van der Waals surface area contributed by atoms with Crippen LogP contribution in [0.3, 0.4) is 0 Å². The highest BCUT2D eigenvalue weighted by Gasteiger charge is 2.20. The van der Waals surface area contributed by atoms with E-state index in [9.17, 15) is 4.79 Å². The average Bonchev–Trinajstić information content (AvgIpc) is 3.11. The maximum atomic E-state index is 12.5. The third-order valence-corrected chi connectivity index (χ3v) is 4.67. The highest BCUT2D eigenvalue weighted by Crippen LogP contribution is 2.12. The minimum Gasteiger partial charge on any atom is -0.340 e. The summed E-state index contributed by atoms with van der Waals surface area (Å²) in [6.07, 6.45) is 8.60. The lowest BCUT2D eigenvalue weighted by atomic mass is 10.3. The molecule has 7 nitrogen and oxygen atoms in total. The van der Waals surface area contributed by atoms with Crippen LogP contribution in [0.15, 0.2) is 24.8 Å². The molecule has 0 aromatic carbocycles. The molecule has 1 aliphatic heterocycles. The molecule has 3 rings (SSSR count). The van der Waals surface area contributed by atoms with E-state index >= 15 is 0 Å². The summed E-state index contributed by atoms with van der Waals surface area (Å²) in [5.74, 6) is 1.25. The Labute approximate surface area is 149 Å². The Morgan fingerprint density at radius 2 is 2.08 bits per heavy atom. The zero-order valence-corrected chi connectivity index (χ0v) is 15.4. The fraction of sp³-hybridized carbons (Fsp3) is 0.611. The first kappa shape index (κ1) is 17.7. The number of carbonyl (C=O) groups is 1. The van der Waals surface area contributed by atoms with Crippen molar-refractivity contribution in [1.82, 2.24) is 29.1 Å². The molecule has 25 heavy (non-hydrogen) atoms. The van der Waals surface area contributed by atoms with Gasteiger partial charge in [-0.3, -0.25) is 14.4 Å². The summed E-state index contributed by atoms with van der Waals surface area (Å²) in [6, 6.07) is 0.417. The number of hydrogen-bond donors (Lipinski definition) is 0. The van der Waals surface area contributed by atoms with Gasteiger partial charge < -0.3 is 9.47 Å². The van der Waals surface area contributed by atoms with E-state index in [1.165, 1.54) is 0 Å². The molecule has 0 bridgehead atoms. The van der Waals surface area contributed by atoms with Crippen LogP contribution in [0.2, 0.25) is 0 Å².